The molecule has 64 valence electrons. The lowest BCUT2D eigenvalue weighted by Gasteiger charge is -2.05. The van der Waals surface area contributed by atoms with Gasteiger partial charge >= 0.3 is 0 Å². The standard InChI is InChI=1S/C8H17N3/c1-7(10)8(11)5-3-2-4-6-9/h6-7,9,11H,2-5,10H2,1H3. The van der Waals surface area contributed by atoms with E-state index in [2.05, 4.69) is 0 Å². The van der Waals surface area contributed by atoms with Gasteiger partial charge in [0, 0.05) is 11.8 Å². The molecule has 0 saturated carbocycles. The van der Waals surface area contributed by atoms with E-state index in [-0.39, 0.29) is 6.04 Å². The summed E-state index contributed by atoms with van der Waals surface area (Å²) in [5.74, 6) is 0. The minimum atomic E-state index is -0.102. The molecule has 0 aliphatic carbocycles. The van der Waals surface area contributed by atoms with Gasteiger partial charge < -0.3 is 16.6 Å². The smallest absolute Gasteiger partial charge is 0.0394 e. The van der Waals surface area contributed by atoms with Crippen molar-refractivity contribution in [2.75, 3.05) is 0 Å². The number of rotatable bonds is 6. The van der Waals surface area contributed by atoms with E-state index in [1.54, 1.807) is 0 Å². The number of hydrogen-bond acceptors (Lipinski definition) is 3. The number of hydrogen-bond donors (Lipinski definition) is 3. The van der Waals surface area contributed by atoms with E-state index in [0.717, 1.165) is 25.7 Å². The summed E-state index contributed by atoms with van der Waals surface area (Å²) < 4.78 is 0. The Morgan fingerprint density at radius 3 is 2.64 bits per heavy atom. The maximum Gasteiger partial charge on any atom is 0.0394 e. The largest absolute Gasteiger partial charge is 0.323 e. The van der Waals surface area contributed by atoms with Gasteiger partial charge in [-0.3, -0.25) is 0 Å². The first kappa shape index (κ1) is 10.3. The van der Waals surface area contributed by atoms with Crippen LogP contribution in [0.5, 0.6) is 0 Å². The van der Waals surface area contributed by atoms with Crippen LogP contribution >= 0.6 is 0 Å². The fraction of sp³-hybridized carbons (Fsp3) is 0.750. The third-order valence-electron chi connectivity index (χ3n) is 1.59. The maximum absolute atomic E-state index is 7.40. The summed E-state index contributed by atoms with van der Waals surface area (Å²) in [6, 6.07) is -0.102. The summed E-state index contributed by atoms with van der Waals surface area (Å²) in [4.78, 5) is 0. The molecule has 3 nitrogen and oxygen atoms in total. The van der Waals surface area contributed by atoms with Gasteiger partial charge in [0.2, 0.25) is 0 Å². The lowest BCUT2D eigenvalue weighted by Crippen LogP contribution is -2.25. The van der Waals surface area contributed by atoms with E-state index in [9.17, 15) is 0 Å². The van der Waals surface area contributed by atoms with Gasteiger partial charge in [-0.25, -0.2) is 0 Å². The molecule has 0 aromatic carbocycles. The van der Waals surface area contributed by atoms with Gasteiger partial charge in [-0.05, 0) is 38.8 Å². The molecule has 0 aliphatic rings. The highest BCUT2D eigenvalue weighted by Gasteiger charge is 2.01. The van der Waals surface area contributed by atoms with Crippen LogP contribution in [0.4, 0.5) is 0 Å². The first-order chi connectivity index (χ1) is 5.18. The van der Waals surface area contributed by atoms with Gasteiger partial charge in [-0.1, -0.05) is 0 Å². The average molecular weight is 155 g/mol. The van der Waals surface area contributed by atoms with Crippen LogP contribution in [0.3, 0.4) is 0 Å². The predicted molar refractivity (Wildman–Crippen MR) is 48.6 cm³/mol. The number of nitrogens with two attached hydrogens (primary N) is 1. The van der Waals surface area contributed by atoms with Crippen LogP contribution in [0.15, 0.2) is 0 Å². The quantitative estimate of drug-likeness (QED) is 0.395. The zero-order chi connectivity index (χ0) is 8.69. The molecular formula is C8H17N3. The molecule has 4 N–H and O–H groups in total. The van der Waals surface area contributed by atoms with Crippen LogP contribution in [0.1, 0.15) is 32.6 Å². The molecule has 1 unspecified atom stereocenters. The molecule has 0 amide bonds. The predicted octanol–water partition coefficient (Wildman–Crippen LogP) is 1.56. The SMILES string of the molecule is CC(N)C(=N)CCCCC=N. The van der Waals surface area contributed by atoms with Crippen molar-refractivity contribution < 1.29 is 0 Å². The van der Waals surface area contributed by atoms with Crippen LogP contribution in [0, 0.1) is 10.8 Å². The maximum atomic E-state index is 7.40. The Balaban J connectivity index is 3.24. The highest BCUT2D eigenvalue weighted by atomic mass is 14.7. The first-order valence-corrected chi connectivity index (χ1v) is 4.00. The van der Waals surface area contributed by atoms with E-state index < -0.39 is 0 Å². The fourth-order valence-electron chi connectivity index (χ4n) is 0.790. The van der Waals surface area contributed by atoms with Gasteiger partial charge in [0.05, 0.1) is 0 Å². The van der Waals surface area contributed by atoms with Gasteiger partial charge in [0.1, 0.15) is 0 Å². The van der Waals surface area contributed by atoms with Crippen LogP contribution in [-0.4, -0.2) is 18.0 Å². The molecule has 0 bridgehead atoms. The molecule has 11 heavy (non-hydrogen) atoms. The Labute approximate surface area is 68.0 Å². The molecule has 0 saturated heterocycles. The number of unbranched alkanes of at least 4 members (excludes halogenated alkanes) is 2. The second-order valence-electron chi connectivity index (χ2n) is 2.76. The second-order valence-corrected chi connectivity index (χ2v) is 2.76. The van der Waals surface area contributed by atoms with Gasteiger partial charge in [-0.2, -0.15) is 0 Å². The Morgan fingerprint density at radius 1 is 1.55 bits per heavy atom. The van der Waals surface area contributed by atoms with Crippen LogP contribution in [-0.2, 0) is 0 Å². The minimum absolute atomic E-state index is 0.102. The minimum Gasteiger partial charge on any atom is -0.323 e. The van der Waals surface area contributed by atoms with Crippen molar-refractivity contribution in [3.8, 4) is 0 Å². The van der Waals surface area contributed by atoms with Crippen molar-refractivity contribution in [3.63, 3.8) is 0 Å². The Hall–Kier alpha value is -0.700. The summed E-state index contributed by atoms with van der Waals surface area (Å²) in [6.45, 7) is 1.83. The van der Waals surface area contributed by atoms with Gasteiger partial charge in [0.15, 0.2) is 0 Å². The Bertz CT molecular complexity index is 129. The van der Waals surface area contributed by atoms with Gasteiger partial charge in [-0.15, -0.1) is 0 Å². The molecule has 0 heterocycles. The van der Waals surface area contributed by atoms with Crippen molar-refractivity contribution in [1.82, 2.24) is 0 Å². The highest BCUT2D eigenvalue weighted by Crippen LogP contribution is 2.00. The molecule has 3 heteroatoms. The first-order valence-electron chi connectivity index (χ1n) is 4.00. The fourth-order valence-corrected chi connectivity index (χ4v) is 0.790. The molecule has 0 fully saturated rings. The van der Waals surface area contributed by atoms with E-state index in [0.29, 0.717) is 5.71 Å². The van der Waals surface area contributed by atoms with Gasteiger partial charge in [0.25, 0.3) is 0 Å². The zero-order valence-electron chi connectivity index (χ0n) is 7.06. The third kappa shape index (κ3) is 5.73. The normalized spacial score (nSPS) is 12.5. The Morgan fingerprint density at radius 2 is 2.18 bits per heavy atom. The Kier molecular flexibility index (Phi) is 5.65. The molecule has 0 rings (SSSR count). The lowest BCUT2D eigenvalue weighted by molar-refractivity contribution is 0.775. The van der Waals surface area contributed by atoms with E-state index in [1.807, 2.05) is 6.92 Å². The van der Waals surface area contributed by atoms with Crippen molar-refractivity contribution in [2.45, 2.75) is 38.6 Å². The van der Waals surface area contributed by atoms with E-state index >= 15 is 0 Å². The van der Waals surface area contributed by atoms with Crippen molar-refractivity contribution in [1.29, 1.82) is 10.8 Å². The summed E-state index contributed by atoms with van der Waals surface area (Å²) >= 11 is 0. The molecule has 0 radical (unpaired) electrons. The monoisotopic (exact) mass is 155 g/mol. The average Bonchev–Trinajstić information content (AvgIpc) is 1.97. The summed E-state index contributed by atoms with van der Waals surface area (Å²) in [5.41, 5.74) is 6.10. The molecule has 1 atom stereocenters. The van der Waals surface area contributed by atoms with E-state index in [1.165, 1.54) is 6.21 Å². The van der Waals surface area contributed by atoms with Crippen molar-refractivity contribution in [3.05, 3.63) is 0 Å². The van der Waals surface area contributed by atoms with Crippen molar-refractivity contribution in [2.24, 2.45) is 5.73 Å². The summed E-state index contributed by atoms with van der Waals surface area (Å²) in [5, 5.41) is 14.2. The summed E-state index contributed by atoms with van der Waals surface area (Å²) in [7, 11) is 0. The highest BCUT2D eigenvalue weighted by molar-refractivity contribution is 5.85. The molecule has 0 aliphatic heterocycles. The molecule has 0 spiro atoms. The summed E-state index contributed by atoms with van der Waals surface area (Å²) in [6.07, 6.45) is 5.00. The van der Waals surface area contributed by atoms with E-state index in [4.69, 9.17) is 16.6 Å². The number of nitrogens with one attached hydrogen (secondary N) is 2. The third-order valence-corrected chi connectivity index (χ3v) is 1.59. The molecule has 0 aromatic rings. The van der Waals surface area contributed by atoms with Crippen LogP contribution in [0.2, 0.25) is 0 Å². The topological polar surface area (TPSA) is 73.7 Å². The van der Waals surface area contributed by atoms with Crippen LogP contribution < -0.4 is 5.73 Å². The zero-order valence-corrected chi connectivity index (χ0v) is 7.06. The second kappa shape index (κ2) is 6.04. The lowest BCUT2D eigenvalue weighted by atomic mass is 10.1. The molecular weight excluding hydrogens is 138 g/mol. The van der Waals surface area contributed by atoms with Crippen molar-refractivity contribution >= 4 is 11.9 Å². The molecule has 0 aromatic heterocycles. The van der Waals surface area contributed by atoms with Crippen LogP contribution in [0.25, 0.3) is 0 Å².